The molecule has 2 rings (SSSR count). The molecule has 1 fully saturated rings. The van der Waals surface area contributed by atoms with Crippen LogP contribution in [0.4, 0.5) is 5.82 Å². The molecule has 0 aromatic carbocycles. The van der Waals surface area contributed by atoms with Gasteiger partial charge in [0.05, 0.1) is 5.56 Å². The number of rotatable bonds is 3. The SMILES string of the molecule is CC1CCC(Nc2cc(C(=O)O)ccn2)CC1C. The van der Waals surface area contributed by atoms with Gasteiger partial charge in [-0.1, -0.05) is 13.8 Å². The van der Waals surface area contributed by atoms with Crippen LogP contribution in [0.1, 0.15) is 43.5 Å². The van der Waals surface area contributed by atoms with E-state index in [1.807, 2.05) is 0 Å². The van der Waals surface area contributed by atoms with E-state index in [0.717, 1.165) is 18.8 Å². The third kappa shape index (κ3) is 3.00. The van der Waals surface area contributed by atoms with Gasteiger partial charge in [0.1, 0.15) is 5.82 Å². The lowest BCUT2D eigenvalue weighted by atomic mass is 9.79. The topological polar surface area (TPSA) is 62.2 Å². The Morgan fingerprint density at radius 3 is 2.83 bits per heavy atom. The molecule has 0 spiro atoms. The van der Waals surface area contributed by atoms with E-state index in [-0.39, 0.29) is 5.56 Å². The Morgan fingerprint density at radius 1 is 1.39 bits per heavy atom. The molecular weight excluding hydrogens is 228 g/mol. The lowest BCUT2D eigenvalue weighted by Gasteiger charge is -2.32. The molecular formula is C14H20N2O2. The van der Waals surface area contributed by atoms with Gasteiger partial charge in [-0.05, 0) is 43.2 Å². The second-order valence-corrected chi connectivity index (χ2v) is 5.34. The van der Waals surface area contributed by atoms with Gasteiger partial charge in [-0.15, -0.1) is 0 Å². The maximum absolute atomic E-state index is 10.9. The predicted molar refractivity (Wildman–Crippen MR) is 70.8 cm³/mol. The highest BCUT2D eigenvalue weighted by Crippen LogP contribution is 2.30. The van der Waals surface area contributed by atoms with Gasteiger partial charge in [0, 0.05) is 12.2 Å². The molecule has 0 amide bonds. The fourth-order valence-corrected chi connectivity index (χ4v) is 2.53. The molecule has 18 heavy (non-hydrogen) atoms. The fraction of sp³-hybridized carbons (Fsp3) is 0.571. The van der Waals surface area contributed by atoms with Crippen molar-refractivity contribution in [3.05, 3.63) is 23.9 Å². The molecule has 1 heterocycles. The van der Waals surface area contributed by atoms with Crippen LogP contribution in [0.3, 0.4) is 0 Å². The number of pyridine rings is 1. The van der Waals surface area contributed by atoms with E-state index in [1.165, 1.54) is 12.5 Å². The minimum Gasteiger partial charge on any atom is -0.478 e. The highest BCUT2D eigenvalue weighted by Gasteiger charge is 2.24. The molecule has 0 bridgehead atoms. The minimum atomic E-state index is -0.911. The highest BCUT2D eigenvalue weighted by molar-refractivity contribution is 5.88. The summed E-state index contributed by atoms with van der Waals surface area (Å²) < 4.78 is 0. The standard InChI is InChI=1S/C14H20N2O2/c1-9-3-4-12(7-10(9)2)16-13-8-11(14(17)18)5-6-15-13/h5-6,8-10,12H,3-4,7H2,1-2H3,(H,15,16)(H,17,18). The molecule has 0 aliphatic heterocycles. The maximum Gasteiger partial charge on any atom is 0.335 e. The Kier molecular flexibility index (Phi) is 3.84. The minimum absolute atomic E-state index is 0.282. The number of aromatic carboxylic acids is 1. The molecule has 2 N–H and O–H groups in total. The van der Waals surface area contributed by atoms with Gasteiger partial charge in [0.25, 0.3) is 0 Å². The first-order valence-electron chi connectivity index (χ1n) is 6.52. The summed E-state index contributed by atoms with van der Waals surface area (Å²) >= 11 is 0. The van der Waals surface area contributed by atoms with E-state index in [4.69, 9.17) is 5.11 Å². The molecule has 1 saturated carbocycles. The lowest BCUT2D eigenvalue weighted by Crippen LogP contribution is -2.30. The number of anilines is 1. The van der Waals surface area contributed by atoms with Crippen molar-refractivity contribution in [2.45, 2.75) is 39.2 Å². The fourth-order valence-electron chi connectivity index (χ4n) is 2.53. The zero-order valence-corrected chi connectivity index (χ0v) is 10.9. The number of hydrogen-bond acceptors (Lipinski definition) is 3. The number of carboxylic acids is 1. The monoisotopic (exact) mass is 248 g/mol. The van der Waals surface area contributed by atoms with Crippen LogP contribution in [0.2, 0.25) is 0 Å². The van der Waals surface area contributed by atoms with E-state index >= 15 is 0 Å². The van der Waals surface area contributed by atoms with Crippen molar-refractivity contribution < 1.29 is 9.90 Å². The zero-order chi connectivity index (χ0) is 13.1. The quantitative estimate of drug-likeness (QED) is 0.863. The average Bonchev–Trinajstić information content (AvgIpc) is 2.34. The molecule has 4 nitrogen and oxygen atoms in total. The van der Waals surface area contributed by atoms with Crippen molar-refractivity contribution in [2.24, 2.45) is 11.8 Å². The lowest BCUT2D eigenvalue weighted by molar-refractivity contribution is 0.0697. The summed E-state index contributed by atoms with van der Waals surface area (Å²) in [5.74, 6) is 1.24. The second-order valence-electron chi connectivity index (χ2n) is 5.34. The number of carbonyl (C=O) groups is 1. The van der Waals surface area contributed by atoms with Gasteiger partial charge in [-0.2, -0.15) is 0 Å². The summed E-state index contributed by atoms with van der Waals surface area (Å²) in [7, 11) is 0. The van der Waals surface area contributed by atoms with Crippen molar-refractivity contribution in [2.75, 3.05) is 5.32 Å². The van der Waals surface area contributed by atoms with Crippen LogP contribution in [0.5, 0.6) is 0 Å². The first-order chi connectivity index (χ1) is 8.56. The van der Waals surface area contributed by atoms with Crippen LogP contribution < -0.4 is 5.32 Å². The number of hydrogen-bond donors (Lipinski definition) is 2. The first-order valence-corrected chi connectivity index (χ1v) is 6.52. The zero-order valence-electron chi connectivity index (χ0n) is 10.9. The second kappa shape index (κ2) is 5.38. The summed E-state index contributed by atoms with van der Waals surface area (Å²) in [4.78, 5) is 15.1. The number of carboxylic acid groups (broad SMARTS) is 1. The smallest absolute Gasteiger partial charge is 0.335 e. The molecule has 1 aliphatic rings. The van der Waals surface area contributed by atoms with Crippen LogP contribution in [-0.2, 0) is 0 Å². The van der Waals surface area contributed by atoms with Crippen molar-refractivity contribution in [3.8, 4) is 0 Å². The molecule has 98 valence electrons. The Morgan fingerprint density at radius 2 is 2.17 bits per heavy atom. The summed E-state index contributed by atoms with van der Waals surface area (Å²) in [5, 5.41) is 12.3. The molecule has 1 aromatic rings. The molecule has 0 saturated heterocycles. The Balaban J connectivity index is 2.01. The average molecular weight is 248 g/mol. The first kappa shape index (κ1) is 12.9. The van der Waals surface area contributed by atoms with Crippen molar-refractivity contribution >= 4 is 11.8 Å². The molecule has 0 radical (unpaired) electrons. The summed E-state index contributed by atoms with van der Waals surface area (Å²) in [6.07, 6.45) is 5.02. The number of nitrogens with one attached hydrogen (secondary N) is 1. The summed E-state index contributed by atoms with van der Waals surface area (Å²) in [6, 6.07) is 3.53. The van der Waals surface area contributed by atoms with Gasteiger partial charge < -0.3 is 10.4 Å². The van der Waals surface area contributed by atoms with Crippen molar-refractivity contribution in [1.82, 2.24) is 4.98 Å². The Hall–Kier alpha value is -1.58. The van der Waals surface area contributed by atoms with Gasteiger partial charge in [0.15, 0.2) is 0 Å². The van der Waals surface area contributed by atoms with Gasteiger partial charge in [-0.25, -0.2) is 9.78 Å². The van der Waals surface area contributed by atoms with Gasteiger partial charge in [-0.3, -0.25) is 0 Å². The predicted octanol–water partition coefficient (Wildman–Crippen LogP) is 3.02. The van der Waals surface area contributed by atoms with Crippen LogP contribution in [0.25, 0.3) is 0 Å². The van der Waals surface area contributed by atoms with E-state index in [1.54, 1.807) is 12.3 Å². The molecule has 1 aliphatic carbocycles. The molecule has 1 aromatic heterocycles. The third-order valence-corrected chi connectivity index (χ3v) is 3.96. The third-order valence-electron chi connectivity index (χ3n) is 3.96. The number of nitrogens with zero attached hydrogens (tertiary/aromatic N) is 1. The van der Waals surface area contributed by atoms with Gasteiger partial charge >= 0.3 is 5.97 Å². The van der Waals surface area contributed by atoms with Crippen LogP contribution in [0, 0.1) is 11.8 Å². The van der Waals surface area contributed by atoms with E-state index < -0.39 is 5.97 Å². The largest absolute Gasteiger partial charge is 0.478 e. The van der Waals surface area contributed by atoms with Gasteiger partial charge in [0.2, 0.25) is 0 Å². The Bertz CT molecular complexity index is 434. The summed E-state index contributed by atoms with van der Waals surface area (Å²) in [6.45, 7) is 4.57. The van der Waals surface area contributed by atoms with E-state index in [2.05, 4.69) is 24.1 Å². The van der Waals surface area contributed by atoms with Crippen LogP contribution >= 0.6 is 0 Å². The Labute approximate surface area is 107 Å². The van der Waals surface area contributed by atoms with Crippen LogP contribution in [-0.4, -0.2) is 22.1 Å². The summed E-state index contributed by atoms with van der Waals surface area (Å²) in [5.41, 5.74) is 0.282. The highest BCUT2D eigenvalue weighted by atomic mass is 16.4. The maximum atomic E-state index is 10.9. The molecule has 3 atom stereocenters. The molecule has 3 unspecified atom stereocenters. The van der Waals surface area contributed by atoms with E-state index in [0.29, 0.717) is 17.8 Å². The van der Waals surface area contributed by atoms with Crippen LogP contribution in [0.15, 0.2) is 18.3 Å². The normalized spacial score (nSPS) is 27.8. The van der Waals surface area contributed by atoms with Crippen molar-refractivity contribution in [3.63, 3.8) is 0 Å². The number of aromatic nitrogens is 1. The van der Waals surface area contributed by atoms with E-state index in [9.17, 15) is 4.79 Å². The molecule has 4 heteroatoms. The van der Waals surface area contributed by atoms with Crippen molar-refractivity contribution in [1.29, 1.82) is 0 Å².